The number of rotatable bonds is 1. The maximum absolute atomic E-state index is 10.7. The number of carbonyl (C=O) groups excluding carboxylic acids is 1. The van der Waals surface area contributed by atoms with E-state index in [-0.39, 0.29) is 0 Å². The van der Waals surface area contributed by atoms with Gasteiger partial charge in [0.15, 0.2) is 0 Å². The first-order chi connectivity index (χ1) is 6.33. The summed E-state index contributed by atoms with van der Waals surface area (Å²) in [5, 5.41) is 0. The average molecular weight is 174 g/mol. The van der Waals surface area contributed by atoms with Crippen molar-refractivity contribution < 1.29 is 4.79 Å². The minimum Gasteiger partial charge on any atom is -0.298 e. The maximum atomic E-state index is 10.7. The fraction of sp³-hybridized carbons (Fsp3) is 0.417. The number of aryl methyl sites for hydroxylation is 1. The third-order valence-corrected chi connectivity index (χ3v) is 2.99. The Bertz CT molecular complexity index is 339. The minimum absolute atomic E-state index is 0.862. The van der Waals surface area contributed by atoms with Crippen LogP contribution in [0.25, 0.3) is 0 Å². The molecule has 1 aromatic rings. The van der Waals surface area contributed by atoms with Gasteiger partial charge in [-0.2, -0.15) is 0 Å². The van der Waals surface area contributed by atoms with Crippen LogP contribution >= 0.6 is 0 Å². The molecule has 1 nitrogen and oxygen atoms in total. The summed E-state index contributed by atoms with van der Waals surface area (Å²) in [6.45, 7) is 2.06. The average Bonchev–Trinajstić information content (AvgIpc) is 2.19. The first-order valence-electron chi connectivity index (χ1n) is 4.89. The number of hydrogen-bond donors (Lipinski definition) is 0. The van der Waals surface area contributed by atoms with Crippen LogP contribution in [0.2, 0.25) is 0 Å². The molecule has 0 aliphatic heterocycles. The van der Waals surface area contributed by atoms with Gasteiger partial charge < -0.3 is 0 Å². The van der Waals surface area contributed by atoms with E-state index in [1.54, 1.807) is 0 Å². The molecule has 0 fully saturated rings. The van der Waals surface area contributed by atoms with E-state index >= 15 is 0 Å². The van der Waals surface area contributed by atoms with Crippen molar-refractivity contribution >= 4 is 6.29 Å². The van der Waals surface area contributed by atoms with E-state index in [4.69, 9.17) is 0 Å². The molecule has 0 aromatic heterocycles. The topological polar surface area (TPSA) is 17.1 Å². The predicted molar refractivity (Wildman–Crippen MR) is 53.2 cm³/mol. The second kappa shape index (κ2) is 3.33. The Morgan fingerprint density at radius 3 is 2.77 bits per heavy atom. The molecule has 0 unspecified atom stereocenters. The van der Waals surface area contributed by atoms with Crippen molar-refractivity contribution in [3.63, 3.8) is 0 Å². The van der Waals surface area contributed by atoms with E-state index < -0.39 is 0 Å². The summed E-state index contributed by atoms with van der Waals surface area (Å²) >= 11 is 0. The largest absolute Gasteiger partial charge is 0.298 e. The quantitative estimate of drug-likeness (QED) is 0.598. The zero-order valence-electron chi connectivity index (χ0n) is 7.97. The summed E-state index contributed by atoms with van der Waals surface area (Å²) in [6.07, 6.45) is 5.88. The fourth-order valence-corrected chi connectivity index (χ4v) is 2.16. The molecule has 1 heteroatoms. The van der Waals surface area contributed by atoms with Gasteiger partial charge in [0.05, 0.1) is 0 Å². The van der Waals surface area contributed by atoms with E-state index in [1.165, 1.54) is 36.0 Å². The molecule has 0 saturated carbocycles. The monoisotopic (exact) mass is 174 g/mol. The van der Waals surface area contributed by atoms with Gasteiger partial charge in [-0.3, -0.25) is 4.79 Å². The highest BCUT2D eigenvalue weighted by atomic mass is 16.1. The number of aldehydes is 1. The molecule has 0 bridgehead atoms. The summed E-state index contributed by atoms with van der Waals surface area (Å²) in [4.78, 5) is 10.7. The molecular weight excluding hydrogens is 160 g/mol. The second-order valence-electron chi connectivity index (χ2n) is 3.74. The number of fused-ring (bicyclic) bond motifs is 1. The van der Waals surface area contributed by atoms with Gasteiger partial charge >= 0.3 is 0 Å². The Labute approximate surface area is 78.8 Å². The maximum Gasteiger partial charge on any atom is 0.150 e. The van der Waals surface area contributed by atoms with E-state index in [9.17, 15) is 4.79 Å². The van der Waals surface area contributed by atoms with Gasteiger partial charge in [0.1, 0.15) is 6.29 Å². The Morgan fingerprint density at radius 1 is 1.23 bits per heavy atom. The molecule has 68 valence electrons. The van der Waals surface area contributed by atoms with Crippen LogP contribution in [0, 0.1) is 6.92 Å². The standard InChI is InChI=1S/C12H14O/c1-9-11(8-13)7-6-10-4-2-3-5-12(9)10/h6-8H,2-5H2,1H3. The summed E-state index contributed by atoms with van der Waals surface area (Å²) in [5.41, 5.74) is 4.94. The lowest BCUT2D eigenvalue weighted by atomic mass is 9.87. The molecule has 1 aliphatic carbocycles. The van der Waals surface area contributed by atoms with Crippen LogP contribution in [0.15, 0.2) is 12.1 Å². The van der Waals surface area contributed by atoms with E-state index in [2.05, 4.69) is 13.0 Å². The Balaban J connectivity index is 2.54. The molecule has 0 spiro atoms. The Kier molecular flexibility index (Phi) is 2.17. The summed E-state index contributed by atoms with van der Waals surface area (Å²) < 4.78 is 0. The SMILES string of the molecule is Cc1c(C=O)ccc2c1CCCC2. The molecule has 1 aliphatic rings. The van der Waals surface area contributed by atoms with Crippen LogP contribution in [0.1, 0.15) is 39.9 Å². The summed E-state index contributed by atoms with van der Waals surface area (Å²) in [6, 6.07) is 4.07. The highest BCUT2D eigenvalue weighted by Gasteiger charge is 2.12. The van der Waals surface area contributed by atoms with Gasteiger partial charge in [-0.1, -0.05) is 12.1 Å². The van der Waals surface area contributed by atoms with Crippen LogP contribution in [0.4, 0.5) is 0 Å². The van der Waals surface area contributed by atoms with Gasteiger partial charge in [0.25, 0.3) is 0 Å². The predicted octanol–water partition coefficient (Wildman–Crippen LogP) is 2.69. The molecule has 0 saturated heterocycles. The van der Waals surface area contributed by atoms with Crippen molar-refractivity contribution in [3.8, 4) is 0 Å². The van der Waals surface area contributed by atoms with Crippen LogP contribution in [0.5, 0.6) is 0 Å². The molecule has 0 atom stereocenters. The second-order valence-corrected chi connectivity index (χ2v) is 3.74. The molecule has 0 N–H and O–H groups in total. The lowest BCUT2D eigenvalue weighted by Crippen LogP contribution is -2.06. The van der Waals surface area contributed by atoms with Crippen LogP contribution < -0.4 is 0 Å². The highest BCUT2D eigenvalue weighted by molar-refractivity contribution is 5.78. The molecule has 13 heavy (non-hydrogen) atoms. The number of hydrogen-bond acceptors (Lipinski definition) is 1. The molecule has 0 radical (unpaired) electrons. The third kappa shape index (κ3) is 1.39. The van der Waals surface area contributed by atoms with Crippen molar-refractivity contribution in [1.29, 1.82) is 0 Å². The summed E-state index contributed by atoms with van der Waals surface area (Å²) in [7, 11) is 0. The number of carbonyl (C=O) groups is 1. The van der Waals surface area contributed by atoms with Crippen molar-refractivity contribution in [2.45, 2.75) is 32.6 Å². The van der Waals surface area contributed by atoms with E-state index in [1.807, 2.05) is 6.07 Å². The lowest BCUT2D eigenvalue weighted by Gasteiger charge is -2.18. The molecule has 0 amide bonds. The lowest BCUT2D eigenvalue weighted by molar-refractivity contribution is 0.112. The van der Waals surface area contributed by atoms with Crippen molar-refractivity contribution in [3.05, 3.63) is 34.4 Å². The van der Waals surface area contributed by atoms with Crippen molar-refractivity contribution in [1.82, 2.24) is 0 Å². The zero-order valence-corrected chi connectivity index (χ0v) is 7.97. The minimum atomic E-state index is 0.862. The van der Waals surface area contributed by atoms with Gasteiger partial charge in [-0.25, -0.2) is 0 Å². The van der Waals surface area contributed by atoms with Crippen molar-refractivity contribution in [2.75, 3.05) is 0 Å². The first kappa shape index (κ1) is 8.49. The van der Waals surface area contributed by atoms with Gasteiger partial charge in [0, 0.05) is 5.56 Å². The van der Waals surface area contributed by atoms with E-state index in [0.717, 1.165) is 18.3 Å². The first-order valence-corrected chi connectivity index (χ1v) is 4.89. The van der Waals surface area contributed by atoms with Crippen LogP contribution in [0.3, 0.4) is 0 Å². The Morgan fingerprint density at radius 2 is 2.00 bits per heavy atom. The van der Waals surface area contributed by atoms with Crippen molar-refractivity contribution in [2.24, 2.45) is 0 Å². The molecule has 1 aromatic carbocycles. The molecular formula is C12H14O. The van der Waals surface area contributed by atoms with Crippen LogP contribution in [-0.4, -0.2) is 6.29 Å². The molecule has 0 heterocycles. The summed E-state index contributed by atoms with van der Waals surface area (Å²) in [5.74, 6) is 0. The normalized spacial score (nSPS) is 15.2. The van der Waals surface area contributed by atoms with Gasteiger partial charge in [-0.15, -0.1) is 0 Å². The number of benzene rings is 1. The molecule has 2 rings (SSSR count). The zero-order chi connectivity index (χ0) is 9.26. The van der Waals surface area contributed by atoms with E-state index in [0.29, 0.717) is 0 Å². The van der Waals surface area contributed by atoms with Crippen LogP contribution in [-0.2, 0) is 12.8 Å². The third-order valence-electron chi connectivity index (χ3n) is 2.99. The smallest absolute Gasteiger partial charge is 0.150 e. The van der Waals surface area contributed by atoms with Gasteiger partial charge in [0.2, 0.25) is 0 Å². The highest BCUT2D eigenvalue weighted by Crippen LogP contribution is 2.25. The fourth-order valence-electron chi connectivity index (χ4n) is 2.16. The Hall–Kier alpha value is -1.11. The van der Waals surface area contributed by atoms with Gasteiger partial charge in [-0.05, 0) is 49.3 Å².